The number of carbonyl (C=O) groups excluding carboxylic acids is 1. The average Bonchev–Trinajstić information content (AvgIpc) is 2.33. The number of rotatable bonds is 7. The SMILES string of the molecule is CCCCOCCOC(=O)c1cccc(Br)n1. The van der Waals surface area contributed by atoms with E-state index in [4.69, 9.17) is 9.47 Å². The van der Waals surface area contributed by atoms with E-state index in [0.29, 0.717) is 23.5 Å². The largest absolute Gasteiger partial charge is 0.459 e. The first-order valence-electron chi connectivity index (χ1n) is 5.61. The van der Waals surface area contributed by atoms with Crippen molar-refractivity contribution >= 4 is 21.9 Å². The Morgan fingerprint density at radius 1 is 1.35 bits per heavy atom. The molecule has 0 N–H and O–H groups in total. The van der Waals surface area contributed by atoms with E-state index in [1.54, 1.807) is 18.2 Å². The van der Waals surface area contributed by atoms with E-state index in [-0.39, 0.29) is 6.61 Å². The van der Waals surface area contributed by atoms with Crippen LogP contribution < -0.4 is 0 Å². The number of hydrogen-bond acceptors (Lipinski definition) is 4. The second-order valence-corrected chi connectivity index (χ2v) is 4.26. The third-order valence-corrected chi connectivity index (χ3v) is 2.47. The molecular weight excluding hydrogens is 286 g/mol. The molecule has 0 unspecified atom stereocenters. The van der Waals surface area contributed by atoms with Crippen LogP contribution in [0.25, 0.3) is 0 Å². The maximum absolute atomic E-state index is 11.5. The molecule has 0 fully saturated rings. The Morgan fingerprint density at radius 3 is 2.88 bits per heavy atom. The molecule has 0 aliphatic rings. The molecular formula is C12H16BrNO3. The number of hydrogen-bond donors (Lipinski definition) is 0. The number of ether oxygens (including phenoxy) is 2. The van der Waals surface area contributed by atoms with Crippen molar-refractivity contribution in [3.63, 3.8) is 0 Å². The molecule has 0 saturated carbocycles. The monoisotopic (exact) mass is 301 g/mol. The van der Waals surface area contributed by atoms with Gasteiger partial charge in [-0.25, -0.2) is 9.78 Å². The summed E-state index contributed by atoms with van der Waals surface area (Å²) in [6, 6.07) is 5.11. The molecule has 1 aromatic heterocycles. The average molecular weight is 302 g/mol. The molecule has 0 amide bonds. The van der Waals surface area contributed by atoms with E-state index in [9.17, 15) is 4.79 Å². The van der Waals surface area contributed by atoms with E-state index in [2.05, 4.69) is 27.8 Å². The lowest BCUT2D eigenvalue weighted by molar-refractivity contribution is 0.0308. The molecule has 0 atom stereocenters. The number of unbranched alkanes of at least 4 members (excludes halogenated alkanes) is 1. The minimum atomic E-state index is -0.426. The fourth-order valence-electron chi connectivity index (χ4n) is 1.14. The molecule has 5 heteroatoms. The lowest BCUT2D eigenvalue weighted by Gasteiger charge is -2.05. The molecule has 1 heterocycles. The zero-order valence-electron chi connectivity index (χ0n) is 9.82. The number of aromatic nitrogens is 1. The minimum Gasteiger partial charge on any atom is -0.459 e. The highest BCUT2D eigenvalue weighted by Gasteiger charge is 2.08. The van der Waals surface area contributed by atoms with Crippen LogP contribution in [-0.4, -0.2) is 30.8 Å². The van der Waals surface area contributed by atoms with Gasteiger partial charge in [-0.1, -0.05) is 19.4 Å². The third-order valence-electron chi connectivity index (χ3n) is 2.03. The Morgan fingerprint density at radius 2 is 2.18 bits per heavy atom. The van der Waals surface area contributed by atoms with Gasteiger partial charge in [0.15, 0.2) is 0 Å². The maximum Gasteiger partial charge on any atom is 0.357 e. The lowest BCUT2D eigenvalue weighted by Crippen LogP contribution is -2.12. The lowest BCUT2D eigenvalue weighted by atomic mass is 10.3. The number of nitrogens with zero attached hydrogens (tertiary/aromatic N) is 1. The second-order valence-electron chi connectivity index (χ2n) is 3.45. The third kappa shape index (κ3) is 5.79. The van der Waals surface area contributed by atoms with Gasteiger partial charge >= 0.3 is 5.97 Å². The van der Waals surface area contributed by atoms with Gasteiger partial charge in [0.2, 0.25) is 0 Å². The van der Waals surface area contributed by atoms with Crippen molar-refractivity contribution in [3.8, 4) is 0 Å². The molecule has 0 aromatic carbocycles. The predicted octanol–water partition coefficient (Wildman–Crippen LogP) is 2.82. The fraction of sp³-hybridized carbons (Fsp3) is 0.500. The number of carbonyl (C=O) groups is 1. The van der Waals surface area contributed by atoms with Gasteiger partial charge in [-0.3, -0.25) is 0 Å². The summed E-state index contributed by atoms with van der Waals surface area (Å²) >= 11 is 3.20. The van der Waals surface area contributed by atoms with Crippen LogP contribution in [0.3, 0.4) is 0 Å². The highest BCUT2D eigenvalue weighted by Crippen LogP contribution is 2.07. The Labute approximate surface area is 109 Å². The van der Waals surface area contributed by atoms with Crippen LogP contribution in [-0.2, 0) is 9.47 Å². The first-order chi connectivity index (χ1) is 8.24. The molecule has 0 saturated heterocycles. The molecule has 0 radical (unpaired) electrons. The quantitative estimate of drug-likeness (QED) is 0.441. The summed E-state index contributed by atoms with van der Waals surface area (Å²) in [7, 11) is 0. The summed E-state index contributed by atoms with van der Waals surface area (Å²) in [6.45, 7) is 3.50. The molecule has 0 aliphatic carbocycles. The van der Waals surface area contributed by atoms with Crippen LogP contribution in [0.4, 0.5) is 0 Å². The predicted molar refractivity (Wildman–Crippen MR) is 67.9 cm³/mol. The van der Waals surface area contributed by atoms with Crippen LogP contribution >= 0.6 is 15.9 Å². The van der Waals surface area contributed by atoms with Gasteiger partial charge in [0, 0.05) is 6.61 Å². The normalized spacial score (nSPS) is 10.2. The van der Waals surface area contributed by atoms with E-state index >= 15 is 0 Å². The van der Waals surface area contributed by atoms with Crippen molar-refractivity contribution in [1.82, 2.24) is 4.98 Å². The van der Waals surface area contributed by atoms with Crippen LogP contribution in [0.5, 0.6) is 0 Å². The molecule has 17 heavy (non-hydrogen) atoms. The van der Waals surface area contributed by atoms with Crippen molar-refractivity contribution in [2.45, 2.75) is 19.8 Å². The van der Waals surface area contributed by atoms with Crippen molar-refractivity contribution < 1.29 is 14.3 Å². The number of esters is 1. The van der Waals surface area contributed by atoms with Crippen molar-refractivity contribution in [2.24, 2.45) is 0 Å². The van der Waals surface area contributed by atoms with E-state index < -0.39 is 5.97 Å². The van der Waals surface area contributed by atoms with Crippen LogP contribution in [0.2, 0.25) is 0 Å². The summed E-state index contributed by atoms with van der Waals surface area (Å²) in [5, 5.41) is 0. The summed E-state index contributed by atoms with van der Waals surface area (Å²) in [6.07, 6.45) is 2.13. The Balaban J connectivity index is 2.21. The van der Waals surface area contributed by atoms with Crippen molar-refractivity contribution in [2.75, 3.05) is 19.8 Å². The van der Waals surface area contributed by atoms with E-state index in [1.807, 2.05) is 0 Å². The number of pyridine rings is 1. The van der Waals surface area contributed by atoms with Gasteiger partial charge in [-0.15, -0.1) is 0 Å². The van der Waals surface area contributed by atoms with Gasteiger partial charge in [-0.05, 0) is 34.5 Å². The first-order valence-corrected chi connectivity index (χ1v) is 6.40. The Hall–Kier alpha value is -0.940. The summed E-state index contributed by atoms with van der Waals surface area (Å²) < 4.78 is 10.9. The maximum atomic E-state index is 11.5. The van der Waals surface area contributed by atoms with E-state index in [0.717, 1.165) is 12.8 Å². The summed E-state index contributed by atoms with van der Waals surface area (Å²) in [5.41, 5.74) is 0.299. The molecule has 94 valence electrons. The molecule has 4 nitrogen and oxygen atoms in total. The minimum absolute atomic E-state index is 0.261. The molecule has 0 aliphatic heterocycles. The summed E-state index contributed by atoms with van der Waals surface area (Å²) in [4.78, 5) is 15.5. The van der Waals surface area contributed by atoms with Crippen LogP contribution in [0.15, 0.2) is 22.8 Å². The molecule has 0 spiro atoms. The second kappa shape index (κ2) is 8.20. The Kier molecular flexibility index (Phi) is 6.81. The molecule has 1 aromatic rings. The number of halogens is 1. The van der Waals surface area contributed by atoms with Crippen LogP contribution in [0.1, 0.15) is 30.3 Å². The highest BCUT2D eigenvalue weighted by atomic mass is 79.9. The van der Waals surface area contributed by atoms with Gasteiger partial charge in [-0.2, -0.15) is 0 Å². The highest BCUT2D eigenvalue weighted by molar-refractivity contribution is 9.10. The zero-order valence-corrected chi connectivity index (χ0v) is 11.4. The fourth-order valence-corrected chi connectivity index (χ4v) is 1.48. The Bertz CT molecular complexity index is 357. The van der Waals surface area contributed by atoms with Crippen LogP contribution in [0, 0.1) is 0 Å². The smallest absolute Gasteiger partial charge is 0.357 e. The summed E-state index contributed by atoms with van der Waals surface area (Å²) in [5.74, 6) is -0.426. The molecule has 1 rings (SSSR count). The van der Waals surface area contributed by atoms with Gasteiger partial charge in [0.25, 0.3) is 0 Å². The van der Waals surface area contributed by atoms with Gasteiger partial charge in [0.05, 0.1) is 6.61 Å². The zero-order chi connectivity index (χ0) is 12.5. The van der Waals surface area contributed by atoms with Gasteiger partial charge in [0.1, 0.15) is 16.9 Å². The van der Waals surface area contributed by atoms with Crippen molar-refractivity contribution in [1.29, 1.82) is 0 Å². The van der Waals surface area contributed by atoms with Crippen molar-refractivity contribution in [3.05, 3.63) is 28.5 Å². The molecule has 0 bridgehead atoms. The standard InChI is InChI=1S/C12H16BrNO3/c1-2-3-7-16-8-9-17-12(15)10-5-4-6-11(13)14-10/h4-6H,2-3,7-9H2,1H3. The van der Waals surface area contributed by atoms with Gasteiger partial charge < -0.3 is 9.47 Å². The van der Waals surface area contributed by atoms with E-state index in [1.165, 1.54) is 0 Å². The first kappa shape index (κ1) is 14.1. The topological polar surface area (TPSA) is 48.4 Å².